The third-order valence-corrected chi connectivity index (χ3v) is 14.1. The van der Waals surface area contributed by atoms with Crippen molar-refractivity contribution in [3.63, 3.8) is 0 Å². The minimum Gasteiger partial charge on any atom is -0.508 e. The molecule has 1 aliphatic rings. The molecule has 1 aliphatic heterocycles. The maximum atomic E-state index is 13.6. The summed E-state index contributed by atoms with van der Waals surface area (Å²) in [7, 11) is 0. The first-order valence-corrected chi connectivity index (χ1v) is 32.4. The van der Waals surface area contributed by atoms with Crippen molar-refractivity contribution in [3.8, 4) is 94.2 Å². The Balaban J connectivity index is 0.000000231. The Morgan fingerprint density at radius 1 is 0.458 bits per heavy atom. The lowest BCUT2D eigenvalue weighted by atomic mass is 9.93. The molecule has 0 saturated heterocycles. The highest BCUT2D eigenvalue weighted by Gasteiger charge is 2.29. The summed E-state index contributed by atoms with van der Waals surface area (Å²) in [5.74, 6) is -2.15. The number of aryl methyl sites for hydroxylation is 5. The van der Waals surface area contributed by atoms with E-state index in [4.69, 9.17) is 49.8 Å². The van der Waals surface area contributed by atoms with E-state index in [-0.39, 0.29) is 65.7 Å². The Morgan fingerprint density at radius 3 is 1.34 bits per heavy atom. The predicted molar refractivity (Wildman–Crippen MR) is 386 cm³/mol. The fourth-order valence-corrected chi connectivity index (χ4v) is 9.55. The summed E-state index contributed by atoms with van der Waals surface area (Å²) >= 11 is 0. The summed E-state index contributed by atoms with van der Waals surface area (Å²) < 4.78 is 84.3. The lowest BCUT2D eigenvalue weighted by Gasteiger charge is -2.19. The highest BCUT2D eigenvalue weighted by Crippen LogP contribution is 2.36. The smallest absolute Gasteiger partial charge is 0.327 e. The van der Waals surface area contributed by atoms with Gasteiger partial charge in [0.15, 0.2) is 17.5 Å². The molecule has 538 valence electrons. The van der Waals surface area contributed by atoms with E-state index in [1.54, 1.807) is 131 Å². The van der Waals surface area contributed by atoms with Crippen LogP contribution in [0.1, 0.15) is 103 Å². The van der Waals surface area contributed by atoms with Gasteiger partial charge in [-0.1, -0.05) is 103 Å². The normalized spacial score (nSPS) is 10.4. The maximum absolute atomic E-state index is 13.6. The van der Waals surface area contributed by atoms with Gasteiger partial charge in [-0.05, 0) is 191 Å². The van der Waals surface area contributed by atoms with E-state index in [0.717, 1.165) is 28.8 Å². The first-order valence-electron chi connectivity index (χ1n) is 32.4. The molecule has 10 aromatic carbocycles. The van der Waals surface area contributed by atoms with Gasteiger partial charge >= 0.3 is 11.9 Å². The van der Waals surface area contributed by atoms with E-state index in [2.05, 4.69) is 10.1 Å². The van der Waals surface area contributed by atoms with Gasteiger partial charge in [0.25, 0.3) is 5.91 Å². The van der Waals surface area contributed by atoms with Crippen LogP contribution in [-0.4, -0.2) is 42.1 Å². The lowest BCUT2D eigenvalue weighted by Crippen LogP contribution is -2.37. The van der Waals surface area contributed by atoms with E-state index in [0.29, 0.717) is 74.5 Å². The zero-order chi connectivity index (χ0) is 78.4. The number of nitrogens with zero attached hydrogens (tertiary/aromatic N) is 7. The summed E-state index contributed by atoms with van der Waals surface area (Å²) in [5, 5.41) is 73.0. The number of aromatic hydroxyl groups is 1. The van der Waals surface area contributed by atoms with Crippen molar-refractivity contribution in [2.24, 2.45) is 0 Å². The standard InChI is InChI=1S/C19H16N2O3.C16H11FN2O.C16H13NO3.C14H10FNO.C8H5F2N.C6H6O.C5H7NO2/c1-3-23-19(22)17(12-21)15-9-13(2)10-18(16(15)11-20)24-14-7-5-4-6-8-14;1-11-8-12(6-7-18)13(10-19)16(9-11)20-15-5-3-2-4-14(15)17;1-10-7-11-9-14(18)17-16(19)15(11)13(8-10)20-12-5-3-2-4-6-12;1-10-7-13(15)12(9-16)14(8-10)17-11-5-3-2-4-6-11;1-5-2-7(9)6(4-11)8(10)3-5;7-6-4-2-1-3-5-6;1-2-8-5(7)3-4-6/h4-10,17H,3H2,1-2H3;2-5,8-9H,6H2,1H3;2-8H,9H2,1H3,(H,17,18,19);2-8H,1H3;2-3H,1H3;1-5,7H;2-3H2,1H3. The van der Waals surface area contributed by atoms with Gasteiger partial charge in [-0.3, -0.25) is 24.5 Å². The first kappa shape index (κ1) is 83.1. The molecule has 1 unspecified atom stereocenters. The second-order valence-electron chi connectivity index (χ2n) is 22.4. The summed E-state index contributed by atoms with van der Waals surface area (Å²) in [5.41, 5.74) is 5.64. The fraction of sp³-hybridized carbons (Fsp3) is 0.155. The first-order chi connectivity index (χ1) is 51.4. The van der Waals surface area contributed by atoms with Crippen LogP contribution in [0.2, 0.25) is 0 Å². The number of rotatable bonds is 14. The largest absolute Gasteiger partial charge is 0.508 e. The lowest BCUT2D eigenvalue weighted by molar-refractivity contribution is -0.143. The highest BCUT2D eigenvalue weighted by molar-refractivity contribution is 6.11. The fourth-order valence-electron chi connectivity index (χ4n) is 9.55. The minimum absolute atomic E-state index is 0.0532. The van der Waals surface area contributed by atoms with Gasteiger partial charge in [-0.25, -0.2) is 17.6 Å². The number of nitrogens with one attached hydrogen (secondary N) is 1. The Hall–Kier alpha value is -14.6. The molecule has 107 heavy (non-hydrogen) atoms. The van der Waals surface area contributed by atoms with E-state index in [9.17, 15) is 52.5 Å². The number of benzene rings is 10. The number of carbonyl (C=O) groups excluding carboxylic acids is 4. The number of para-hydroxylation sites is 5. The second-order valence-corrected chi connectivity index (χ2v) is 22.4. The van der Waals surface area contributed by atoms with Crippen molar-refractivity contribution >= 4 is 23.8 Å². The van der Waals surface area contributed by atoms with Gasteiger partial charge in [0, 0.05) is 5.56 Å². The molecule has 11 rings (SSSR count). The number of nitriles is 7. The molecule has 23 heteroatoms. The predicted octanol–water partition coefficient (Wildman–Crippen LogP) is 18.1. The average Bonchev–Trinajstić information content (AvgIpc) is 0.787. The number of hydrogen-bond acceptors (Lipinski definition) is 18. The van der Waals surface area contributed by atoms with E-state index in [1.165, 1.54) is 24.3 Å². The molecule has 0 saturated carbocycles. The van der Waals surface area contributed by atoms with Crippen LogP contribution in [-0.2, 0) is 36.7 Å². The zero-order valence-corrected chi connectivity index (χ0v) is 58.9. The molecule has 1 atom stereocenters. The molecule has 0 aliphatic carbocycles. The van der Waals surface area contributed by atoms with Gasteiger partial charge in [0.2, 0.25) is 5.91 Å². The number of halogens is 4. The van der Waals surface area contributed by atoms with Crippen molar-refractivity contribution in [1.82, 2.24) is 5.32 Å². The topological polar surface area (TPSA) is 322 Å². The monoisotopic (exact) mass is 1440 g/mol. The Kier molecular flexibility index (Phi) is 33.6. The maximum Gasteiger partial charge on any atom is 0.327 e. The van der Waals surface area contributed by atoms with Crippen LogP contribution in [0.15, 0.2) is 206 Å². The van der Waals surface area contributed by atoms with Crippen LogP contribution in [0.4, 0.5) is 17.6 Å². The zero-order valence-electron chi connectivity index (χ0n) is 58.9. The molecule has 0 spiro atoms. The molecule has 1 heterocycles. The molecule has 0 bridgehead atoms. The van der Waals surface area contributed by atoms with Crippen molar-refractivity contribution in [2.75, 3.05) is 13.2 Å². The number of imide groups is 1. The van der Waals surface area contributed by atoms with Crippen LogP contribution >= 0.6 is 0 Å². The van der Waals surface area contributed by atoms with Gasteiger partial charge < -0.3 is 33.5 Å². The van der Waals surface area contributed by atoms with Crippen LogP contribution < -0.4 is 24.3 Å². The molecule has 10 aromatic rings. The number of amides is 2. The molecule has 2 N–H and O–H groups in total. The van der Waals surface area contributed by atoms with Crippen LogP contribution in [0.25, 0.3) is 0 Å². The van der Waals surface area contributed by atoms with Gasteiger partial charge in [-0.2, -0.15) is 36.8 Å². The van der Waals surface area contributed by atoms with Gasteiger partial charge in [-0.15, -0.1) is 0 Å². The van der Waals surface area contributed by atoms with Crippen LogP contribution in [0.5, 0.6) is 51.7 Å². The second kappa shape index (κ2) is 43.3. The van der Waals surface area contributed by atoms with Crippen LogP contribution in [0.3, 0.4) is 0 Å². The molecule has 0 radical (unpaired) electrons. The number of fused-ring (bicyclic) bond motifs is 1. The van der Waals surface area contributed by atoms with E-state index < -0.39 is 52.6 Å². The van der Waals surface area contributed by atoms with Crippen molar-refractivity contribution < 1.29 is 70.3 Å². The number of carbonyl (C=O) groups is 4. The summed E-state index contributed by atoms with van der Waals surface area (Å²) in [4.78, 5) is 45.7. The Bertz CT molecular complexity index is 5040. The third kappa shape index (κ3) is 26.4. The number of phenolic OH excluding ortho intramolecular Hbond substituents is 1. The van der Waals surface area contributed by atoms with E-state index in [1.807, 2.05) is 130 Å². The molecule has 0 aromatic heterocycles. The van der Waals surface area contributed by atoms with Crippen molar-refractivity contribution in [1.29, 1.82) is 36.8 Å². The Labute approximate surface area is 616 Å². The number of ether oxygens (including phenoxy) is 6. The summed E-state index contributed by atoms with van der Waals surface area (Å²) in [6, 6.07) is 70.5. The van der Waals surface area contributed by atoms with Crippen molar-refractivity contribution in [3.05, 3.63) is 302 Å². The summed E-state index contributed by atoms with van der Waals surface area (Å²) in [6.07, 6.45) is 0.167. The van der Waals surface area contributed by atoms with Gasteiger partial charge in [0.1, 0.15) is 105 Å². The SMILES string of the molecule is CCOC(=O)C(C#N)c1cc(C)cc(Oc2ccccc2)c1C#N.CCOC(=O)CC#N.Cc1cc(CC#N)c(C#N)c(Oc2ccccc2F)c1.Cc1cc(F)c(C#N)c(F)c1.Cc1cc(F)c(C#N)c(Oc2ccccc2)c1.Cc1cc2c(c(Oc3ccccc3)c1)C(=O)NC(=O)C2.Oc1ccccc1. The molecule has 19 nitrogen and oxygen atoms in total. The quantitative estimate of drug-likeness (QED) is 0.0580. The average molecular weight is 1440 g/mol. The van der Waals surface area contributed by atoms with Gasteiger partial charge in [0.05, 0.1) is 61.0 Å². The molecular weight excluding hydrogens is 1370 g/mol. The number of esters is 2. The summed E-state index contributed by atoms with van der Waals surface area (Å²) in [6.45, 7) is 12.7. The van der Waals surface area contributed by atoms with E-state index >= 15 is 0 Å². The minimum atomic E-state index is -1.17. The highest BCUT2D eigenvalue weighted by atomic mass is 19.1. The number of hydrogen-bond donors (Lipinski definition) is 2. The Morgan fingerprint density at radius 2 is 0.879 bits per heavy atom. The molecular formula is C84H68F4N8O11. The third-order valence-electron chi connectivity index (χ3n) is 14.1. The van der Waals surface area contributed by atoms with Crippen LogP contribution in [0, 0.1) is 137 Å². The van der Waals surface area contributed by atoms with Crippen molar-refractivity contribution in [2.45, 2.75) is 73.6 Å². The molecule has 2 amide bonds. The number of phenols is 1. The molecule has 0 fully saturated rings.